The summed E-state index contributed by atoms with van der Waals surface area (Å²) in [5.74, 6) is -0.0869. The Morgan fingerprint density at radius 1 is 1.22 bits per heavy atom. The first-order valence-electron chi connectivity index (χ1n) is 6.30. The molecular weight excluding hydrogens is 230 g/mol. The van der Waals surface area contributed by atoms with E-state index in [9.17, 15) is 9.59 Å². The van der Waals surface area contributed by atoms with E-state index in [-0.39, 0.29) is 11.5 Å². The van der Waals surface area contributed by atoms with Crippen LogP contribution in [0.3, 0.4) is 0 Å². The largest absolute Gasteiger partial charge is 0.335 e. The van der Waals surface area contributed by atoms with Crippen molar-refractivity contribution < 1.29 is 4.79 Å². The highest BCUT2D eigenvalue weighted by molar-refractivity contribution is 5.92. The van der Waals surface area contributed by atoms with Crippen molar-refractivity contribution in [3.05, 3.63) is 34.2 Å². The molecule has 1 saturated heterocycles. The van der Waals surface area contributed by atoms with Gasteiger partial charge in [0.05, 0.1) is 0 Å². The molecule has 0 spiro atoms. The number of nitrogens with one attached hydrogen (secondary N) is 1. The highest BCUT2D eigenvalue weighted by Crippen LogP contribution is 2.08. The molecule has 0 aliphatic carbocycles. The van der Waals surface area contributed by atoms with Crippen molar-refractivity contribution in [2.45, 2.75) is 19.9 Å². The Kier molecular flexibility index (Phi) is 3.81. The molecule has 2 heterocycles. The second kappa shape index (κ2) is 5.35. The molecule has 1 amide bonds. The van der Waals surface area contributed by atoms with E-state index in [1.54, 1.807) is 17.0 Å². The van der Waals surface area contributed by atoms with Crippen LogP contribution in [0.1, 0.15) is 24.3 Å². The van der Waals surface area contributed by atoms with Crippen LogP contribution in [0.25, 0.3) is 0 Å². The van der Waals surface area contributed by atoms with E-state index in [0.717, 1.165) is 13.1 Å². The van der Waals surface area contributed by atoms with Crippen LogP contribution in [0, 0.1) is 0 Å². The zero-order valence-electron chi connectivity index (χ0n) is 10.8. The predicted octanol–water partition coefficient (Wildman–Crippen LogP) is 0.541. The van der Waals surface area contributed by atoms with Crippen LogP contribution in [0.5, 0.6) is 0 Å². The van der Waals surface area contributed by atoms with E-state index < -0.39 is 0 Å². The second-order valence-electron chi connectivity index (χ2n) is 4.85. The number of aromatic nitrogens is 1. The molecule has 0 radical (unpaired) electrons. The number of pyridine rings is 1. The Morgan fingerprint density at radius 2 is 1.89 bits per heavy atom. The van der Waals surface area contributed by atoms with Gasteiger partial charge in [-0.25, -0.2) is 0 Å². The van der Waals surface area contributed by atoms with Gasteiger partial charge in [-0.1, -0.05) is 6.07 Å². The Bertz CT molecular complexity index is 473. The summed E-state index contributed by atoms with van der Waals surface area (Å²) < 4.78 is 0. The third-order valence-corrected chi connectivity index (χ3v) is 3.33. The van der Waals surface area contributed by atoms with Crippen LogP contribution >= 0.6 is 0 Å². The van der Waals surface area contributed by atoms with Gasteiger partial charge in [-0.3, -0.25) is 14.5 Å². The lowest BCUT2D eigenvalue weighted by atomic mass is 10.2. The number of piperazine rings is 1. The number of nitrogens with zero attached hydrogens (tertiary/aromatic N) is 2. The monoisotopic (exact) mass is 249 g/mol. The number of hydrogen-bond donors (Lipinski definition) is 1. The molecule has 5 heteroatoms. The molecule has 1 aromatic rings. The van der Waals surface area contributed by atoms with Crippen molar-refractivity contribution in [1.82, 2.24) is 14.8 Å². The molecule has 0 atom stereocenters. The lowest BCUT2D eigenvalue weighted by Crippen LogP contribution is -2.50. The molecule has 1 fully saturated rings. The molecule has 0 aromatic carbocycles. The molecule has 1 N–H and O–H groups in total. The number of carbonyl (C=O) groups excluding carboxylic acids is 1. The zero-order chi connectivity index (χ0) is 13.1. The summed E-state index contributed by atoms with van der Waals surface area (Å²) >= 11 is 0. The third kappa shape index (κ3) is 2.79. The maximum absolute atomic E-state index is 12.2. The summed E-state index contributed by atoms with van der Waals surface area (Å²) in [7, 11) is 0. The van der Waals surface area contributed by atoms with Crippen LogP contribution < -0.4 is 5.56 Å². The fourth-order valence-corrected chi connectivity index (χ4v) is 2.18. The Hall–Kier alpha value is -1.62. The van der Waals surface area contributed by atoms with Crippen molar-refractivity contribution in [3.63, 3.8) is 0 Å². The number of aromatic amines is 1. The lowest BCUT2D eigenvalue weighted by molar-refractivity contribution is 0.0589. The highest BCUT2D eigenvalue weighted by Gasteiger charge is 2.23. The minimum Gasteiger partial charge on any atom is -0.335 e. The van der Waals surface area contributed by atoms with Gasteiger partial charge < -0.3 is 9.88 Å². The average Bonchev–Trinajstić information content (AvgIpc) is 2.38. The molecule has 0 saturated carbocycles. The molecule has 5 nitrogen and oxygen atoms in total. The van der Waals surface area contributed by atoms with E-state index in [2.05, 4.69) is 23.7 Å². The van der Waals surface area contributed by atoms with E-state index in [0.29, 0.717) is 24.8 Å². The molecule has 1 aromatic heterocycles. The fraction of sp³-hybridized carbons (Fsp3) is 0.538. The summed E-state index contributed by atoms with van der Waals surface area (Å²) in [5, 5.41) is 0. The van der Waals surface area contributed by atoms with Crippen molar-refractivity contribution in [2.75, 3.05) is 26.2 Å². The van der Waals surface area contributed by atoms with Crippen LogP contribution in [0.2, 0.25) is 0 Å². The van der Waals surface area contributed by atoms with Gasteiger partial charge in [0.2, 0.25) is 5.56 Å². The predicted molar refractivity (Wildman–Crippen MR) is 69.7 cm³/mol. The average molecular weight is 249 g/mol. The van der Waals surface area contributed by atoms with E-state index in [4.69, 9.17) is 0 Å². The molecule has 0 bridgehead atoms. The van der Waals surface area contributed by atoms with Crippen LogP contribution in [0.15, 0.2) is 23.0 Å². The molecule has 1 aliphatic heterocycles. The van der Waals surface area contributed by atoms with Crippen LogP contribution in [-0.2, 0) is 0 Å². The first-order valence-corrected chi connectivity index (χ1v) is 6.30. The van der Waals surface area contributed by atoms with Crippen molar-refractivity contribution >= 4 is 5.91 Å². The molecular formula is C13H19N3O2. The molecule has 98 valence electrons. The second-order valence-corrected chi connectivity index (χ2v) is 4.85. The van der Waals surface area contributed by atoms with Gasteiger partial charge >= 0.3 is 0 Å². The maximum atomic E-state index is 12.2. The van der Waals surface area contributed by atoms with E-state index in [1.807, 2.05) is 0 Å². The van der Waals surface area contributed by atoms with Gasteiger partial charge in [0.1, 0.15) is 5.69 Å². The highest BCUT2D eigenvalue weighted by atomic mass is 16.2. The van der Waals surface area contributed by atoms with Gasteiger partial charge in [0.15, 0.2) is 0 Å². The number of hydrogen-bond acceptors (Lipinski definition) is 3. The number of rotatable bonds is 2. The standard InChI is InChI=1S/C13H19N3O2/c1-10(2)15-6-8-16(9-7-15)13(18)11-4-3-5-12(17)14-11/h3-5,10H,6-9H2,1-2H3,(H,14,17). The SMILES string of the molecule is CC(C)N1CCN(C(=O)c2cccc(=O)[nH]2)CC1. The number of H-pyrrole nitrogens is 1. The van der Waals surface area contributed by atoms with Gasteiger partial charge in [-0.2, -0.15) is 0 Å². The topological polar surface area (TPSA) is 56.4 Å². The minimum absolute atomic E-state index is 0.0869. The molecule has 18 heavy (non-hydrogen) atoms. The van der Waals surface area contributed by atoms with E-state index in [1.165, 1.54) is 6.07 Å². The lowest BCUT2D eigenvalue weighted by Gasteiger charge is -2.36. The number of carbonyl (C=O) groups is 1. The fourth-order valence-electron chi connectivity index (χ4n) is 2.18. The molecule has 2 rings (SSSR count). The number of amides is 1. The van der Waals surface area contributed by atoms with Crippen LogP contribution in [0.4, 0.5) is 0 Å². The first kappa shape index (κ1) is 12.8. The normalized spacial score (nSPS) is 17.2. The summed E-state index contributed by atoms with van der Waals surface area (Å²) in [6.45, 7) is 7.53. The maximum Gasteiger partial charge on any atom is 0.270 e. The van der Waals surface area contributed by atoms with Crippen molar-refractivity contribution in [2.24, 2.45) is 0 Å². The summed E-state index contributed by atoms with van der Waals surface area (Å²) in [6, 6.07) is 5.18. The Labute approximate surface area is 106 Å². The van der Waals surface area contributed by atoms with Gasteiger partial charge in [-0.15, -0.1) is 0 Å². The van der Waals surface area contributed by atoms with Gasteiger partial charge in [-0.05, 0) is 19.9 Å². The van der Waals surface area contributed by atoms with Gasteiger partial charge in [0, 0.05) is 38.3 Å². The Morgan fingerprint density at radius 3 is 2.44 bits per heavy atom. The summed E-state index contributed by atoms with van der Waals surface area (Å²) in [6.07, 6.45) is 0. The van der Waals surface area contributed by atoms with Crippen molar-refractivity contribution in [1.29, 1.82) is 0 Å². The minimum atomic E-state index is -0.235. The first-order chi connectivity index (χ1) is 8.58. The third-order valence-electron chi connectivity index (χ3n) is 3.33. The zero-order valence-corrected chi connectivity index (χ0v) is 10.8. The van der Waals surface area contributed by atoms with Gasteiger partial charge in [0.25, 0.3) is 5.91 Å². The van der Waals surface area contributed by atoms with Crippen molar-refractivity contribution in [3.8, 4) is 0 Å². The van der Waals surface area contributed by atoms with Crippen LogP contribution in [-0.4, -0.2) is 52.9 Å². The quantitative estimate of drug-likeness (QED) is 0.832. The van der Waals surface area contributed by atoms with E-state index >= 15 is 0 Å². The molecule has 1 aliphatic rings. The Balaban J connectivity index is 2.02. The smallest absolute Gasteiger partial charge is 0.270 e. The molecule has 0 unspecified atom stereocenters. The summed E-state index contributed by atoms with van der Waals surface area (Å²) in [5.41, 5.74) is 0.141. The summed E-state index contributed by atoms with van der Waals surface area (Å²) in [4.78, 5) is 30.1.